The lowest BCUT2D eigenvalue weighted by atomic mass is 11.6. The smallest absolute Gasteiger partial charge is 0.103 e. The van der Waals surface area contributed by atoms with E-state index in [1.54, 1.807) is 0 Å². The van der Waals surface area contributed by atoms with Gasteiger partial charge in [-0.1, -0.05) is 0 Å². The molecule has 0 radical (unpaired) electrons. The first-order valence-electron chi connectivity index (χ1n) is 1.35. The van der Waals surface area contributed by atoms with Gasteiger partial charge in [-0.2, -0.15) is 0 Å². The Bertz CT molecular complexity index is 64.1. The number of hydrogen-bond acceptors (Lipinski definition) is 1. The molecule has 0 saturated heterocycles. The average Bonchev–Trinajstić information content (AvgIpc) is 1.76. The van der Waals surface area contributed by atoms with Crippen molar-refractivity contribution < 1.29 is 5.10 Å². The summed E-state index contributed by atoms with van der Waals surface area (Å²) in [4.78, 5) is 0. The van der Waals surface area contributed by atoms with Crippen molar-refractivity contribution in [1.82, 2.24) is 5.10 Å². The molecule has 1 rings (SSSR count). The predicted octanol–water partition coefficient (Wildman–Crippen LogP) is -0.0730. The van der Waals surface area contributed by atoms with E-state index in [2.05, 4.69) is 10.2 Å². The zero-order valence-corrected chi connectivity index (χ0v) is 3.60. The quantitative estimate of drug-likeness (QED) is 0.435. The minimum Gasteiger partial charge on any atom is -0.103 e. The maximum absolute atomic E-state index is 3.67. The Balaban J connectivity index is 3.13. The first-order chi connectivity index (χ1) is 2.50. The summed E-state index contributed by atoms with van der Waals surface area (Å²) in [5.41, 5.74) is 0. The van der Waals surface area contributed by atoms with Gasteiger partial charge in [-0.05, 0) is 13.3 Å². The third-order valence-corrected chi connectivity index (χ3v) is 0.935. The van der Waals surface area contributed by atoms with Crippen LogP contribution >= 0.6 is 8.19 Å². The van der Waals surface area contributed by atoms with Crippen molar-refractivity contribution in [1.29, 1.82) is 0 Å². The summed E-state index contributed by atoms with van der Waals surface area (Å²) in [6, 6.07) is 0. The van der Waals surface area contributed by atoms with Gasteiger partial charge >= 0.3 is 0 Å². The van der Waals surface area contributed by atoms with Gasteiger partial charge in [0.25, 0.3) is 0 Å². The number of aromatic nitrogens is 2. The van der Waals surface area contributed by atoms with Gasteiger partial charge < -0.3 is 0 Å². The van der Waals surface area contributed by atoms with Gasteiger partial charge in [0.1, 0.15) is 5.93 Å². The van der Waals surface area contributed by atoms with Crippen molar-refractivity contribution in [3.63, 3.8) is 0 Å². The second kappa shape index (κ2) is 1.18. The molecule has 1 heterocycles. The predicted molar refractivity (Wildman–Crippen MR) is 20.3 cm³/mol. The van der Waals surface area contributed by atoms with E-state index in [0.29, 0.717) is 0 Å². The molecule has 1 unspecified atom stereocenters. The summed E-state index contributed by atoms with van der Waals surface area (Å²) in [5, 5.41) is 6.34. The number of hydrogen-bond donors (Lipinski definition) is 0. The lowest BCUT2D eigenvalue weighted by Crippen LogP contribution is -1.95. The van der Waals surface area contributed by atoms with Crippen LogP contribution in [0.4, 0.5) is 0 Å². The third-order valence-electron chi connectivity index (χ3n) is 0.362. The summed E-state index contributed by atoms with van der Waals surface area (Å²) < 4.78 is 0. The van der Waals surface area contributed by atoms with Crippen LogP contribution in [0.5, 0.6) is 0 Å². The zero-order chi connectivity index (χ0) is 3.54. The lowest BCUT2D eigenvalue weighted by Gasteiger charge is -1.32. The summed E-state index contributed by atoms with van der Waals surface area (Å²) >= 11 is 0. The van der Waals surface area contributed by atoms with Crippen LogP contribution in [0.25, 0.3) is 0 Å². The monoisotopic (exact) mass is 87.0 g/mol. The standard InChI is InChI=1S/C2H3N2P/c1-3-4-2-5-1/h1-2,5H/p+1. The second-order valence-corrected chi connectivity index (χ2v) is 1.58. The Morgan fingerprint density at radius 3 is 3.00 bits per heavy atom. The van der Waals surface area contributed by atoms with Gasteiger partial charge in [0.05, 0.1) is 0 Å². The fraction of sp³-hybridized carbons (Fsp3) is 0. The van der Waals surface area contributed by atoms with E-state index < -0.39 is 0 Å². The Morgan fingerprint density at radius 2 is 2.80 bits per heavy atom. The molecule has 1 aromatic heterocycles. The highest BCUT2D eigenvalue weighted by Crippen LogP contribution is 1.87. The normalized spacial score (nSPS) is 9.60. The molecule has 1 atom stereocenters. The largest absolute Gasteiger partial charge is 0.209 e. The molecule has 5 heavy (non-hydrogen) atoms. The van der Waals surface area contributed by atoms with Crippen LogP contribution in [0.2, 0.25) is 0 Å². The summed E-state index contributed by atoms with van der Waals surface area (Å²) in [6.45, 7) is 0. The van der Waals surface area contributed by atoms with E-state index in [1.807, 2.05) is 11.9 Å². The van der Waals surface area contributed by atoms with Crippen molar-refractivity contribution in [2.24, 2.45) is 0 Å². The van der Waals surface area contributed by atoms with E-state index in [1.165, 1.54) is 0 Å². The molecule has 0 aliphatic heterocycles. The van der Waals surface area contributed by atoms with Gasteiger partial charge in [0.15, 0.2) is 0 Å². The average molecular weight is 87.0 g/mol. The van der Waals surface area contributed by atoms with Crippen molar-refractivity contribution >= 4 is 8.19 Å². The van der Waals surface area contributed by atoms with Crippen LogP contribution < -0.4 is 5.10 Å². The maximum atomic E-state index is 3.67. The van der Waals surface area contributed by atoms with Crippen LogP contribution in [0, 0.1) is 0 Å². The van der Waals surface area contributed by atoms with Crippen LogP contribution in [0.15, 0.2) is 11.9 Å². The minimum absolute atomic E-state index is 0.781. The molecular formula is C2H4N2P+. The van der Waals surface area contributed by atoms with Gasteiger partial charge in [0, 0.05) is 0 Å². The summed E-state index contributed by atoms with van der Waals surface area (Å²) in [6.07, 6.45) is 0. The summed E-state index contributed by atoms with van der Waals surface area (Å²) in [5.74, 6) is 3.76. The van der Waals surface area contributed by atoms with Gasteiger partial charge in [-0.3, -0.25) is 0 Å². The van der Waals surface area contributed by atoms with Crippen LogP contribution in [0.3, 0.4) is 0 Å². The fourth-order valence-electron chi connectivity index (χ4n) is 0.186. The molecule has 26 valence electrons. The molecule has 0 aliphatic carbocycles. The molecule has 0 bridgehead atoms. The van der Waals surface area contributed by atoms with Gasteiger partial charge in [-0.25, -0.2) is 0 Å². The van der Waals surface area contributed by atoms with E-state index in [4.69, 9.17) is 0 Å². The van der Waals surface area contributed by atoms with Crippen molar-refractivity contribution in [2.75, 3.05) is 0 Å². The highest BCUT2D eigenvalue weighted by atomic mass is 31.0. The Labute approximate surface area is 31.3 Å². The molecular weight excluding hydrogens is 83.0 g/mol. The molecule has 0 aliphatic rings. The first kappa shape index (κ1) is 2.86. The van der Waals surface area contributed by atoms with Crippen LogP contribution in [-0.2, 0) is 0 Å². The number of aromatic amines is 1. The molecule has 2 nitrogen and oxygen atoms in total. The molecule has 0 amide bonds. The van der Waals surface area contributed by atoms with Crippen molar-refractivity contribution in [2.45, 2.75) is 0 Å². The molecule has 0 saturated carbocycles. The number of H-pyrrole nitrogens is 1. The fourth-order valence-corrected chi connectivity index (χ4v) is 0.559. The van der Waals surface area contributed by atoms with Crippen LogP contribution in [0.1, 0.15) is 0 Å². The Morgan fingerprint density at radius 1 is 1.80 bits per heavy atom. The lowest BCUT2D eigenvalue weighted by molar-refractivity contribution is -0.447. The van der Waals surface area contributed by atoms with Gasteiger partial charge in [-0.15, -0.1) is 5.10 Å². The third kappa shape index (κ3) is 0.455. The zero-order valence-electron chi connectivity index (χ0n) is 2.60. The van der Waals surface area contributed by atoms with E-state index >= 15 is 0 Å². The molecule has 1 N–H and O–H groups in total. The number of nitrogens with zero attached hydrogens (tertiary/aromatic N) is 1. The Hall–Kier alpha value is -0.360. The van der Waals surface area contributed by atoms with E-state index in [0.717, 1.165) is 8.19 Å². The van der Waals surface area contributed by atoms with Crippen LogP contribution in [-0.4, -0.2) is 5.10 Å². The Kier molecular flexibility index (Phi) is 0.673. The highest BCUT2D eigenvalue weighted by Gasteiger charge is 1.67. The minimum atomic E-state index is 0.781. The first-order valence-corrected chi connectivity index (χ1v) is 2.50. The molecule has 0 aromatic carbocycles. The highest BCUT2D eigenvalue weighted by molar-refractivity contribution is 7.27. The van der Waals surface area contributed by atoms with E-state index in [9.17, 15) is 0 Å². The maximum Gasteiger partial charge on any atom is 0.209 e. The molecule has 0 fully saturated rings. The molecule has 3 heteroatoms. The topological polar surface area (TPSA) is 27.0 Å². The number of rotatable bonds is 0. The molecule has 1 aromatic rings. The van der Waals surface area contributed by atoms with E-state index in [-0.39, 0.29) is 0 Å². The summed E-state index contributed by atoms with van der Waals surface area (Å²) in [7, 11) is 0.781. The number of nitrogens with one attached hydrogen (secondary N) is 1. The van der Waals surface area contributed by atoms with Crippen molar-refractivity contribution in [3.05, 3.63) is 11.9 Å². The second-order valence-electron chi connectivity index (χ2n) is 0.698. The van der Waals surface area contributed by atoms with Gasteiger partial charge in [0.2, 0.25) is 5.93 Å². The SMILES string of the molecule is c1n[nH+]c[pH]1. The molecule has 0 spiro atoms. The van der Waals surface area contributed by atoms with Crippen molar-refractivity contribution in [3.8, 4) is 0 Å².